The third-order valence-corrected chi connectivity index (χ3v) is 5.55. The lowest BCUT2D eigenvalue weighted by Crippen LogP contribution is -2.52. The fourth-order valence-electron chi connectivity index (χ4n) is 4.01. The zero-order valence-corrected chi connectivity index (χ0v) is 18.5. The van der Waals surface area contributed by atoms with Gasteiger partial charge in [-0.3, -0.25) is 0 Å². The van der Waals surface area contributed by atoms with Gasteiger partial charge in [-0.25, -0.2) is 14.4 Å². The molecule has 0 saturated carbocycles. The Labute approximate surface area is 181 Å². The van der Waals surface area contributed by atoms with Crippen LogP contribution in [0.25, 0.3) is 0 Å². The smallest absolute Gasteiger partial charge is 0.410 e. The van der Waals surface area contributed by atoms with Crippen molar-refractivity contribution >= 4 is 18.0 Å². The number of benzene rings is 1. The quantitative estimate of drug-likeness (QED) is 0.558. The molecular weight excluding hydrogens is 406 g/mol. The zero-order valence-electron chi connectivity index (χ0n) is 18.5. The first-order valence-corrected chi connectivity index (χ1v) is 10.2. The standard InChI is InChI=1S/C22H29NO8/c1-21(2,3)31-20(27)23-10-8-22(9-11-23)12-15(24)13-6-7-14(18(25)28-4)16(17(13)30-22)19(26)29-5/h6-7,15,24H,8-12H2,1-5H3. The molecule has 170 valence electrons. The lowest BCUT2D eigenvalue weighted by Gasteiger charge is -2.46. The van der Waals surface area contributed by atoms with Crippen molar-refractivity contribution in [1.29, 1.82) is 0 Å². The van der Waals surface area contributed by atoms with Gasteiger partial charge in [0.1, 0.15) is 22.5 Å². The Morgan fingerprint density at radius 3 is 2.26 bits per heavy atom. The number of esters is 2. The highest BCUT2D eigenvalue weighted by atomic mass is 16.6. The van der Waals surface area contributed by atoms with Crippen LogP contribution < -0.4 is 4.74 Å². The Morgan fingerprint density at radius 1 is 1.10 bits per heavy atom. The third kappa shape index (κ3) is 4.61. The number of carbonyl (C=O) groups excluding carboxylic acids is 3. The fourth-order valence-corrected chi connectivity index (χ4v) is 4.01. The van der Waals surface area contributed by atoms with Crippen molar-refractivity contribution in [2.45, 2.75) is 57.3 Å². The van der Waals surface area contributed by atoms with Gasteiger partial charge in [0, 0.05) is 37.9 Å². The molecule has 1 spiro atoms. The minimum absolute atomic E-state index is 0.00328. The van der Waals surface area contributed by atoms with Gasteiger partial charge < -0.3 is 29.0 Å². The minimum Gasteiger partial charge on any atom is -0.486 e. The number of hydrogen-bond acceptors (Lipinski definition) is 8. The molecule has 1 saturated heterocycles. The number of piperidine rings is 1. The molecule has 0 aliphatic carbocycles. The van der Waals surface area contributed by atoms with E-state index >= 15 is 0 Å². The molecular formula is C22H29NO8. The van der Waals surface area contributed by atoms with Crippen LogP contribution in [0.1, 0.15) is 72.4 Å². The summed E-state index contributed by atoms with van der Waals surface area (Å²) >= 11 is 0. The maximum Gasteiger partial charge on any atom is 0.410 e. The highest BCUT2D eigenvalue weighted by Crippen LogP contribution is 2.47. The molecule has 9 nitrogen and oxygen atoms in total. The average molecular weight is 435 g/mol. The lowest BCUT2D eigenvalue weighted by atomic mass is 9.80. The Morgan fingerprint density at radius 2 is 1.71 bits per heavy atom. The molecule has 1 atom stereocenters. The molecule has 1 unspecified atom stereocenters. The van der Waals surface area contributed by atoms with E-state index in [2.05, 4.69) is 0 Å². The summed E-state index contributed by atoms with van der Waals surface area (Å²) in [5.74, 6) is -1.34. The van der Waals surface area contributed by atoms with Crippen molar-refractivity contribution < 1.29 is 38.4 Å². The Hall–Kier alpha value is -2.81. The van der Waals surface area contributed by atoms with Crippen LogP contribution in [0.4, 0.5) is 4.79 Å². The van der Waals surface area contributed by atoms with Crippen molar-refractivity contribution in [2.24, 2.45) is 0 Å². The van der Waals surface area contributed by atoms with Crippen molar-refractivity contribution in [3.05, 3.63) is 28.8 Å². The molecule has 31 heavy (non-hydrogen) atoms. The van der Waals surface area contributed by atoms with Gasteiger partial charge in [0.2, 0.25) is 0 Å². The van der Waals surface area contributed by atoms with E-state index in [1.807, 2.05) is 0 Å². The van der Waals surface area contributed by atoms with E-state index in [1.54, 1.807) is 31.7 Å². The number of ether oxygens (including phenoxy) is 4. The summed E-state index contributed by atoms with van der Waals surface area (Å²) in [5.41, 5.74) is -1.04. The summed E-state index contributed by atoms with van der Waals surface area (Å²) < 4.78 is 21.4. The number of rotatable bonds is 2. The molecule has 0 bridgehead atoms. The van der Waals surface area contributed by atoms with Crippen LogP contribution in [0.2, 0.25) is 0 Å². The van der Waals surface area contributed by atoms with Crippen LogP contribution in [-0.4, -0.2) is 66.5 Å². The van der Waals surface area contributed by atoms with Gasteiger partial charge in [-0.05, 0) is 26.8 Å². The molecule has 1 aromatic rings. The highest BCUT2D eigenvalue weighted by Gasteiger charge is 2.46. The second-order valence-corrected chi connectivity index (χ2v) is 8.86. The zero-order chi connectivity index (χ0) is 23.0. The van der Waals surface area contributed by atoms with Crippen molar-refractivity contribution in [3.8, 4) is 5.75 Å². The fraction of sp³-hybridized carbons (Fsp3) is 0.591. The second kappa shape index (κ2) is 8.37. The first-order chi connectivity index (χ1) is 14.5. The van der Waals surface area contributed by atoms with Gasteiger partial charge in [0.25, 0.3) is 0 Å². The highest BCUT2D eigenvalue weighted by molar-refractivity contribution is 6.05. The first kappa shape index (κ1) is 22.9. The van der Waals surface area contributed by atoms with Gasteiger partial charge in [-0.1, -0.05) is 6.07 Å². The van der Waals surface area contributed by atoms with E-state index in [1.165, 1.54) is 20.3 Å². The Kier molecular flexibility index (Phi) is 6.18. The number of hydrogen-bond donors (Lipinski definition) is 1. The Balaban J connectivity index is 1.90. The number of carbonyl (C=O) groups is 3. The van der Waals surface area contributed by atoms with Crippen LogP contribution >= 0.6 is 0 Å². The van der Waals surface area contributed by atoms with E-state index < -0.39 is 35.3 Å². The molecule has 1 N–H and O–H groups in total. The number of aliphatic hydroxyl groups is 1. The summed E-state index contributed by atoms with van der Waals surface area (Å²) in [5, 5.41) is 10.8. The molecule has 1 fully saturated rings. The summed E-state index contributed by atoms with van der Waals surface area (Å²) in [6, 6.07) is 2.98. The van der Waals surface area contributed by atoms with Crippen LogP contribution in [0.3, 0.4) is 0 Å². The van der Waals surface area contributed by atoms with Crippen molar-refractivity contribution in [3.63, 3.8) is 0 Å². The van der Waals surface area contributed by atoms with Crippen LogP contribution in [0.15, 0.2) is 12.1 Å². The monoisotopic (exact) mass is 435 g/mol. The summed E-state index contributed by atoms with van der Waals surface area (Å²) in [7, 11) is 2.42. The second-order valence-electron chi connectivity index (χ2n) is 8.86. The predicted molar refractivity (Wildman–Crippen MR) is 109 cm³/mol. The van der Waals surface area contributed by atoms with E-state index in [0.717, 1.165) is 0 Å². The molecule has 2 aliphatic heterocycles. The van der Waals surface area contributed by atoms with E-state index in [9.17, 15) is 19.5 Å². The Bertz CT molecular complexity index is 880. The summed E-state index contributed by atoms with van der Waals surface area (Å²) in [6.07, 6.45) is -0.118. The number of nitrogens with zero attached hydrogens (tertiary/aromatic N) is 1. The summed E-state index contributed by atoms with van der Waals surface area (Å²) in [6.45, 7) is 6.17. The number of amides is 1. The molecule has 3 rings (SSSR count). The van der Waals surface area contributed by atoms with Crippen LogP contribution in [0.5, 0.6) is 5.75 Å². The third-order valence-electron chi connectivity index (χ3n) is 5.55. The average Bonchev–Trinajstić information content (AvgIpc) is 2.71. The van der Waals surface area contributed by atoms with Gasteiger partial charge in [-0.2, -0.15) is 0 Å². The van der Waals surface area contributed by atoms with E-state index in [0.29, 0.717) is 37.9 Å². The van der Waals surface area contributed by atoms with Crippen molar-refractivity contribution in [1.82, 2.24) is 4.90 Å². The minimum atomic E-state index is -0.896. The maximum atomic E-state index is 12.5. The maximum absolute atomic E-state index is 12.5. The lowest BCUT2D eigenvalue weighted by molar-refractivity contribution is -0.0575. The molecule has 2 aliphatic rings. The van der Waals surface area contributed by atoms with E-state index in [4.69, 9.17) is 18.9 Å². The van der Waals surface area contributed by atoms with Crippen LogP contribution in [0, 0.1) is 0 Å². The van der Waals surface area contributed by atoms with Gasteiger partial charge in [0.15, 0.2) is 0 Å². The molecule has 1 aromatic carbocycles. The van der Waals surface area contributed by atoms with Crippen molar-refractivity contribution in [2.75, 3.05) is 27.3 Å². The normalized spacial score (nSPS) is 19.8. The van der Waals surface area contributed by atoms with Gasteiger partial charge in [-0.15, -0.1) is 0 Å². The van der Waals surface area contributed by atoms with Crippen LogP contribution in [-0.2, 0) is 14.2 Å². The largest absolute Gasteiger partial charge is 0.486 e. The summed E-state index contributed by atoms with van der Waals surface area (Å²) in [4.78, 5) is 38.7. The number of aliphatic hydroxyl groups excluding tert-OH is 1. The molecule has 1 amide bonds. The predicted octanol–water partition coefficient (Wildman–Crippen LogP) is 2.85. The van der Waals surface area contributed by atoms with E-state index in [-0.39, 0.29) is 16.9 Å². The molecule has 2 heterocycles. The van der Waals surface area contributed by atoms with Gasteiger partial charge in [0.05, 0.1) is 25.9 Å². The number of fused-ring (bicyclic) bond motifs is 1. The number of likely N-dealkylation sites (tertiary alicyclic amines) is 1. The number of methoxy groups -OCH3 is 2. The SMILES string of the molecule is COC(=O)c1ccc2c(c1C(=O)OC)OC1(CCN(C(=O)OC(C)(C)C)CC1)CC2O. The molecule has 0 aromatic heterocycles. The topological polar surface area (TPSA) is 112 Å². The first-order valence-electron chi connectivity index (χ1n) is 10.2. The molecule has 0 radical (unpaired) electrons. The molecule has 9 heteroatoms. The van der Waals surface area contributed by atoms with Gasteiger partial charge >= 0.3 is 18.0 Å².